The van der Waals surface area contributed by atoms with Crippen LogP contribution in [0.15, 0.2) is 48.5 Å². The Morgan fingerprint density at radius 3 is 2.43 bits per heavy atom. The summed E-state index contributed by atoms with van der Waals surface area (Å²) >= 11 is 0. The Hall–Kier alpha value is -3.35. The number of amides is 2. The lowest BCUT2D eigenvalue weighted by atomic mass is 10.2. The lowest BCUT2D eigenvalue weighted by molar-refractivity contribution is 0.251. The van der Waals surface area contributed by atoms with Gasteiger partial charge in [0.2, 0.25) is 0 Å². The molecular weight excluding hydrogens is 364 g/mol. The highest BCUT2D eigenvalue weighted by Gasteiger charge is 2.13. The number of methoxy groups -OCH3 is 1. The largest absolute Gasteiger partial charge is 0.497 e. The molecule has 0 saturated carbocycles. The van der Waals surface area contributed by atoms with Crippen LogP contribution in [0.4, 0.5) is 19.3 Å². The Kier molecular flexibility index (Phi) is 5.63. The number of ether oxygens (including phenoxy) is 1. The maximum Gasteiger partial charge on any atom is 0.319 e. The van der Waals surface area contributed by atoms with Crippen LogP contribution in [0, 0.1) is 25.5 Å². The number of aromatic nitrogens is 1. The normalized spacial score (nSPS) is 10.6. The second-order valence-electron chi connectivity index (χ2n) is 6.36. The number of anilines is 1. The number of carbonyl (C=O) groups excluding carboxylic acids is 1. The van der Waals surface area contributed by atoms with Crippen molar-refractivity contribution < 1.29 is 18.3 Å². The molecule has 0 bridgehead atoms. The lowest BCUT2D eigenvalue weighted by Crippen LogP contribution is -2.28. The van der Waals surface area contributed by atoms with E-state index in [1.54, 1.807) is 7.11 Å². The molecule has 2 amide bonds. The second-order valence-corrected chi connectivity index (χ2v) is 6.36. The first-order valence-electron chi connectivity index (χ1n) is 8.71. The van der Waals surface area contributed by atoms with E-state index < -0.39 is 17.7 Å². The summed E-state index contributed by atoms with van der Waals surface area (Å²) in [7, 11) is 1.62. The van der Waals surface area contributed by atoms with Crippen LogP contribution in [0.2, 0.25) is 0 Å². The molecule has 0 aliphatic carbocycles. The molecule has 2 aromatic carbocycles. The lowest BCUT2D eigenvalue weighted by Gasteiger charge is -2.11. The van der Waals surface area contributed by atoms with E-state index in [-0.39, 0.29) is 12.2 Å². The minimum Gasteiger partial charge on any atom is -0.497 e. The van der Waals surface area contributed by atoms with Crippen LogP contribution in [-0.2, 0) is 6.54 Å². The SMILES string of the molecule is COc1ccc(-n2c(C)cc(CNC(=O)Nc3ccc(F)cc3F)c2C)cc1. The van der Waals surface area contributed by atoms with Crippen molar-refractivity contribution in [3.8, 4) is 11.4 Å². The fourth-order valence-corrected chi connectivity index (χ4v) is 3.07. The number of hydrogen-bond acceptors (Lipinski definition) is 2. The minimum absolute atomic E-state index is 0.0809. The molecule has 0 atom stereocenters. The average molecular weight is 385 g/mol. The molecule has 0 aliphatic rings. The molecule has 0 spiro atoms. The number of rotatable bonds is 5. The quantitative estimate of drug-likeness (QED) is 0.669. The van der Waals surface area contributed by atoms with Crippen LogP contribution < -0.4 is 15.4 Å². The zero-order valence-corrected chi connectivity index (χ0v) is 15.8. The summed E-state index contributed by atoms with van der Waals surface area (Å²) in [5.74, 6) is -0.750. The van der Waals surface area contributed by atoms with Crippen molar-refractivity contribution in [1.29, 1.82) is 0 Å². The Balaban J connectivity index is 1.70. The number of nitrogens with zero attached hydrogens (tertiary/aromatic N) is 1. The van der Waals surface area contributed by atoms with E-state index in [1.165, 1.54) is 6.07 Å². The first-order valence-corrected chi connectivity index (χ1v) is 8.71. The molecule has 0 unspecified atom stereocenters. The Morgan fingerprint density at radius 1 is 1.07 bits per heavy atom. The van der Waals surface area contributed by atoms with Gasteiger partial charge >= 0.3 is 6.03 Å². The third-order valence-electron chi connectivity index (χ3n) is 4.49. The van der Waals surface area contributed by atoms with Gasteiger partial charge in [-0.3, -0.25) is 0 Å². The van der Waals surface area contributed by atoms with Gasteiger partial charge in [0, 0.05) is 29.7 Å². The van der Waals surface area contributed by atoms with Crippen LogP contribution in [0.25, 0.3) is 5.69 Å². The highest BCUT2D eigenvalue weighted by atomic mass is 19.1. The highest BCUT2D eigenvalue weighted by molar-refractivity contribution is 5.89. The summed E-state index contributed by atoms with van der Waals surface area (Å²) in [6, 6.07) is 12.1. The summed E-state index contributed by atoms with van der Waals surface area (Å²) in [6.45, 7) is 4.21. The van der Waals surface area contributed by atoms with Gasteiger partial charge in [-0.25, -0.2) is 13.6 Å². The molecule has 0 saturated heterocycles. The highest BCUT2D eigenvalue weighted by Crippen LogP contribution is 2.23. The van der Waals surface area contributed by atoms with Gasteiger partial charge in [0.25, 0.3) is 0 Å². The van der Waals surface area contributed by atoms with E-state index in [2.05, 4.69) is 15.2 Å². The van der Waals surface area contributed by atoms with E-state index in [0.717, 1.165) is 40.5 Å². The fourth-order valence-electron chi connectivity index (χ4n) is 3.07. The van der Waals surface area contributed by atoms with E-state index in [4.69, 9.17) is 4.74 Å². The molecule has 3 aromatic rings. The van der Waals surface area contributed by atoms with Crippen molar-refractivity contribution in [1.82, 2.24) is 9.88 Å². The predicted molar refractivity (Wildman–Crippen MR) is 104 cm³/mol. The third kappa shape index (κ3) is 4.14. The monoisotopic (exact) mass is 385 g/mol. The number of halogens is 2. The van der Waals surface area contributed by atoms with Crippen molar-refractivity contribution in [3.05, 3.63) is 77.1 Å². The Morgan fingerprint density at radius 2 is 1.79 bits per heavy atom. The number of nitrogens with one attached hydrogen (secondary N) is 2. The van der Waals surface area contributed by atoms with E-state index in [1.807, 2.05) is 44.2 Å². The van der Waals surface area contributed by atoms with Crippen LogP contribution in [-0.4, -0.2) is 17.7 Å². The zero-order valence-electron chi connectivity index (χ0n) is 15.8. The molecule has 0 radical (unpaired) electrons. The Labute approximate surface area is 161 Å². The minimum atomic E-state index is -0.826. The van der Waals surface area contributed by atoms with Crippen LogP contribution in [0.5, 0.6) is 5.75 Å². The van der Waals surface area contributed by atoms with Gasteiger partial charge in [-0.05, 0) is 61.9 Å². The van der Waals surface area contributed by atoms with E-state index in [9.17, 15) is 13.6 Å². The molecule has 28 heavy (non-hydrogen) atoms. The smallest absolute Gasteiger partial charge is 0.319 e. The number of benzene rings is 2. The maximum absolute atomic E-state index is 13.6. The molecule has 2 N–H and O–H groups in total. The summed E-state index contributed by atoms with van der Waals surface area (Å²) in [4.78, 5) is 12.1. The predicted octanol–water partition coefficient (Wildman–Crippen LogP) is 4.70. The number of hydrogen-bond donors (Lipinski definition) is 2. The van der Waals surface area contributed by atoms with Gasteiger partial charge in [0.15, 0.2) is 0 Å². The summed E-state index contributed by atoms with van der Waals surface area (Å²) in [5, 5.41) is 5.08. The van der Waals surface area contributed by atoms with Crippen molar-refractivity contribution in [3.63, 3.8) is 0 Å². The van der Waals surface area contributed by atoms with Gasteiger partial charge in [0.1, 0.15) is 17.4 Å². The van der Waals surface area contributed by atoms with Gasteiger partial charge in [-0.15, -0.1) is 0 Å². The maximum atomic E-state index is 13.6. The van der Waals surface area contributed by atoms with E-state index in [0.29, 0.717) is 0 Å². The van der Waals surface area contributed by atoms with Crippen LogP contribution in [0.3, 0.4) is 0 Å². The fraction of sp³-hybridized carbons (Fsp3) is 0.190. The van der Waals surface area contributed by atoms with Gasteiger partial charge in [-0.1, -0.05) is 0 Å². The van der Waals surface area contributed by atoms with Crippen molar-refractivity contribution in [2.45, 2.75) is 20.4 Å². The molecule has 0 fully saturated rings. The molecular formula is C21H21F2N3O2. The van der Waals surface area contributed by atoms with Gasteiger partial charge in [-0.2, -0.15) is 0 Å². The molecule has 0 aliphatic heterocycles. The zero-order chi connectivity index (χ0) is 20.3. The van der Waals surface area contributed by atoms with E-state index >= 15 is 0 Å². The summed E-state index contributed by atoms with van der Waals surface area (Å²) in [5.41, 5.74) is 3.84. The number of carbonyl (C=O) groups is 1. The van der Waals surface area contributed by atoms with Crippen molar-refractivity contribution in [2.75, 3.05) is 12.4 Å². The molecule has 1 heterocycles. The van der Waals surface area contributed by atoms with Gasteiger partial charge in [0.05, 0.1) is 12.8 Å². The van der Waals surface area contributed by atoms with Crippen LogP contribution in [0.1, 0.15) is 17.0 Å². The summed E-state index contributed by atoms with van der Waals surface area (Å²) < 4.78 is 33.9. The van der Waals surface area contributed by atoms with Crippen LogP contribution >= 0.6 is 0 Å². The number of aryl methyl sites for hydroxylation is 1. The second kappa shape index (κ2) is 8.12. The standard InChI is InChI=1S/C21H21F2N3O2/c1-13-10-15(14(2)26(13)17-5-7-18(28-3)8-6-17)12-24-21(27)25-20-9-4-16(22)11-19(20)23/h4-11H,12H2,1-3H3,(H2,24,25,27). The van der Waals surface area contributed by atoms with Gasteiger partial charge < -0.3 is 19.9 Å². The molecule has 146 valence electrons. The topological polar surface area (TPSA) is 55.3 Å². The van der Waals surface area contributed by atoms with Crippen molar-refractivity contribution >= 4 is 11.7 Å². The average Bonchev–Trinajstić information content (AvgIpc) is 2.96. The first-order chi connectivity index (χ1) is 13.4. The third-order valence-corrected chi connectivity index (χ3v) is 4.49. The Bertz CT molecular complexity index is 998. The molecule has 7 heteroatoms. The molecule has 1 aromatic heterocycles. The number of urea groups is 1. The summed E-state index contributed by atoms with van der Waals surface area (Å²) in [6.07, 6.45) is 0. The van der Waals surface area contributed by atoms with Crippen molar-refractivity contribution in [2.24, 2.45) is 0 Å². The first kappa shape index (κ1) is 19.4. The molecule has 3 rings (SSSR count). The molecule has 5 nitrogen and oxygen atoms in total.